The number of carbonyl (C=O) groups is 7. The molecular formula is C83H158N4O17P2+2. The number of ether oxygens (including phenoxy) is 4. The Hall–Kier alpha value is -3.55. The van der Waals surface area contributed by atoms with Crippen LogP contribution >= 0.6 is 16.5 Å². The van der Waals surface area contributed by atoms with Gasteiger partial charge in [-0.3, -0.25) is 28.8 Å². The highest BCUT2D eigenvalue weighted by molar-refractivity contribution is 7.33. The topological polar surface area (TPSA) is 276 Å². The zero-order valence-electron chi connectivity index (χ0n) is 68.3. The fourth-order valence-corrected chi connectivity index (χ4v) is 13.9. The molecule has 0 aliphatic heterocycles. The van der Waals surface area contributed by atoms with Gasteiger partial charge in [0.1, 0.15) is 50.2 Å². The zero-order chi connectivity index (χ0) is 77.7. The number of amides is 4. The van der Waals surface area contributed by atoms with Crippen molar-refractivity contribution in [1.82, 2.24) is 21.3 Å². The second-order valence-corrected chi connectivity index (χ2v) is 31.4. The number of ketones is 2. The molecule has 0 aromatic heterocycles. The van der Waals surface area contributed by atoms with Crippen LogP contribution in [0.15, 0.2) is 0 Å². The smallest absolute Gasteiger partial charge is 0.462 e. The lowest BCUT2D eigenvalue weighted by atomic mass is 10.0. The zero-order valence-corrected chi connectivity index (χ0v) is 70.1. The number of urea groups is 1. The SMILES string of the molecule is CCCCCCCCCCCC(=O)CC(=O)NC(COCCC(CCCCCCC)OC(=O)CCCCCCCCCCC)CO[P+](=O)OCCNC(=O)NCCO[P+](=O)OCC(COCCC(CCCCCCC)OC(=O)CCCCCCCCCCC)NC(=O)CC(=O)CCCCCCCCCCC. The van der Waals surface area contributed by atoms with Crippen molar-refractivity contribution in [2.24, 2.45) is 0 Å². The van der Waals surface area contributed by atoms with Gasteiger partial charge in [-0.1, -0.05) is 298 Å². The van der Waals surface area contributed by atoms with Crippen LogP contribution in [0.2, 0.25) is 0 Å². The first kappa shape index (κ1) is 102. The molecule has 23 heteroatoms. The third-order valence-corrected chi connectivity index (χ3v) is 20.6. The van der Waals surface area contributed by atoms with Crippen LogP contribution in [0.5, 0.6) is 0 Å². The summed E-state index contributed by atoms with van der Waals surface area (Å²) in [4.78, 5) is 91.1. The van der Waals surface area contributed by atoms with Gasteiger partial charge in [0.05, 0.1) is 51.4 Å². The summed E-state index contributed by atoms with van der Waals surface area (Å²) in [5, 5.41) is 10.8. The molecule has 0 rings (SSSR count). The number of Topliss-reactive ketones (excluding diaryl/α,β-unsaturated/α-hetero) is 2. The number of esters is 2. The molecule has 4 amide bonds. The van der Waals surface area contributed by atoms with Crippen molar-refractivity contribution in [3.05, 3.63) is 0 Å². The van der Waals surface area contributed by atoms with Crippen molar-refractivity contribution >= 4 is 57.9 Å². The molecule has 6 atom stereocenters. The van der Waals surface area contributed by atoms with Gasteiger partial charge in [0.25, 0.3) is 0 Å². The highest BCUT2D eigenvalue weighted by Gasteiger charge is 2.28. The predicted molar refractivity (Wildman–Crippen MR) is 428 cm³/mol. The maximum absolute atomic E-state index is 13.2. The van der Waals surface area contributed by atoms with Crippen molar-refractivity contribution in [2.75, 3.05) is 65.9 Å². The number of rotatable bonds is 84. The summed E-state index contributed by atoms with van der Waals surface area (Å²) in [5.41, 5.74) is 0. The van der Waals surface area contributed by atoms with E-state index in [9.17, 15) is 42.7 Å². The van der Waals surface area contributed by atoms with Gasteiger partial charge >= 0.3 is 34.5 Å². The average molecular weight is 1550 g/mol. The first-order valence-electron chi connectivity index (χ1n) is 43.3. The minimum atomic E-state index is -2.71. The molecule has 0 saturated carbocycles. The van der Waals surface area contributed by atoms with Crippen LogP contribution in [0.3, 0.4) is 0 Å². The first-order valence-corrected chi connectivity index (χ1v) is 45.5. The van der Waals surface area contributed by atoms with Crippen LogP contribution in [0.25, 0.3) is 0 Å². The molecule has 106 heavy (non-hydrogen) atoms. The third-order valence-electron chi connectivity index (χ3n) is 19.1. The van der Waals surface area contributed by atoms with Crippen LogP contribution in [0.1, 0.15) is 401 Å². The van der Waals surface area contributed by atoms with Crippen molar-refractivity contribution < 1.29 is 79.7 Å². The normalized spacial score (nSPS) is 12.8. The molecule has 0 heterocycles. The monoisotopic (exact) mass is 1550 g/mol. The largest absolute Gasteiger partial charge is 0.697 e. The molecule has 0 aromatic rings. The summed E-state index contributed by atoms with van der Waals surface area (Å²) < 4.78 is 71.9. The molecule has 4 N–H and O–H groups in total. The van der Waals surface area contributed by atoms with Gasteiger partial charge in [0.15, 0.2) is 0 Å². The van der Waals surface area contributed by atoms with Crippen molar-refractivity contribution in [3.63, 3.8) is 0 Å². The summed E-state index contributed by atoms with van der Waals surface area (Å²) in [6.07, 6.45) is 54.1. The Labute approximate surface area is 647 Å². The fourth-order valence-electron chi connectivity index (χ4n) is 12.6. The van der Waals surface area contributed by atoms with Crippen LogP contribution in [0.4, 0.5) is 4.79 Å². The third kappa shape index (κ3) is 73.3. The first-order chi connectivity index (χ1) is 51.7. The van der Waals surface area contributed by atoms with Crippen LogP contribution < -0.4 is 21.3 Å². The van der Waals surface area contributed by atoms with Gasteiger partial charge in [-0.2, -0.15) is 0 Å². The molecule has 6 unspecified atom stereocenters. The quantitative estimate of drug-likeness (QED) is 0.0191. The molecule has 0 radical (unpaired) electrons. The predicted octanol–water partition coefficient (Wildman–Crippen LogP) is 21.6. The minimum absolute atomic E-state index is 0.0272. The highest BCUT2D eigenvalue weighted by atomic mass is 31.1. The number of hydrogen-bond acceptors (Lipinski definition) is 17. The molecule has 0 saturated heterocycles. The molecule has 0 aliphatic carbocycles. The average Bonchev–Trinajstić information content (AvgIpc) is 0.961. The van der Waals surface area contributed by atoms with Crippen LogP contribution in [0, 0.1) is 0 Å². The second-order valence-electron chi connectivity index (χ2n) is 29.5. The maximum Gasteiger partial charge on any atom is 0.697 e. The number of unbranched alkanes of at least 4 members (excludes halogenated alkanes) is 40. The highest BCUT2D eigenvalue weighted by Crippen LogP contribution is 2.26. The van der Waals surface area contributed by atoms with Crippen LogP contribution in [-0.4, -0.2) is 132 Å². The molecule has 620 valence electrons. The summed E-state index contributed by atoms with van der Waals surface area (Å²) >= 11 is 0. The molecule has 21 nitrogen and oxygen atoms in total. The summed E-state index contributed by atoms with van der Waals surface area (Å²) in [6.45, 7) is 12.6. The molecule has 0 aromatic carbocycles. The van der Waals surface area contributed by atoms with Crippen molar-refractivity contribution in [2.45, 2.75) is 425 Å². The van der Waals surface area contributed by atoms with E-state index in [2.05, 4.69) is 62.8 Å². The van der Waals surface area contributed by atoms with Gasteiger partial charge in [-0.25, -0.2) is 4.79 Å². The van der Waals surface area contributed by atoms with Gasteiger partial charge < -0.3 is 40.2 Å². The van der Waals surface area contributed by atoms with E-state index in [-0.39, 0.29) is 114 Å². The van der Waals surface area contributed by atoms with E-state index in [1.54, 1.807) is 0 Å². The Morgan fingerprint density at radius 2 is 0.557 bits per heavy atom. The summed E-state index contributed by atoms with van der Waals surface area (Å²) in [6, 6.07) is -2.19. The number of nitrogens with one attached hydrogen (secondary N) is 4. The lowest BCUT2D eigenvalue weighted by Gasteiger charge is -2.20. The fraction of sp³-hybridized carbons (Fsp3) is 0.916. The Bertz CT molecular complexity index is 1990. The Balaban J connectivity index is 5.52. The van der Waals surface area contributed by atoms with E-state index in [1.165, 1.54) is 141 Å². The van der Waals surface area contributed by atoms with E-state index in [4.69, 9.17) is 37.0 Å². The van der Waals surface area contributed by atoms with Crippen molar-refractivity contribution in [1.29, 1.82) is 0 Å². The maximum atomic E-state index is 13.2. The van der Waals surface area contributed by atoms with Crippen LogP contribution in [-0.2, 0) is 74.9 Å². The van der Waals surface area contributed by atoms with Gasteiger partial charge in [-0.05, 0) is 51.4 Å². The number of hydrogen-bond donors (Lipinski definition) is 4. The Kier molecular flexibility index (Phi) is 76.9. The van der Waals surface area contributed by atoms with E-state index in [0.717, 1.165) is 167 Å². The van der Waals surface area contributed by atoms with E-state index < -0.39 is 46.4 Å². The van der Waals surface area contributed by atoms with Gasteiger partial charge in [0, 0.05) is 60.7 Å². The number of carbonyl (C=O) groups excluding carboxylic acids is 7. The molecule has 0 fully saturated rings. The Morgan fingerprint density at radius 1 is 0.292 bits per heavy atom. The Morgan fingerprint density at radius 3 is 0.849 bits per heavy atom. The molecule has 0 aliphatic rings. The van der Waals surface area contributed by atoms with Crippen molar-refractivity contribution in [3.8, 4) is 0 Å². The van der Waals surface area contributed by atoms with Gasteiger partial charge in [-0.15, -0.1) is 18.1 Å². The van der Waals surface area contributed by atoms with E-state index in [1.807, 2.05) is 0 Å². The summed E-state index contributed by atoms with van der Waals surface area (Å²) in [5.74, 6) is -1.71. The van der Waals surface area contributed by atoms with Gasteiger partial charge in [0.2, 0.25) is 11.8 Å². The molecule has 0 bridgehead atoms. The molecular weight excluding hydrogens is 1390 g/mol. The minimum Gasteiger partial charge on any atom is -0.462 e. The summed E-state index contributed by atoms with van der Waals surface area (Å²) in [7, 11) is -5.43. The lowest BCUT2D eigenvalue weighted by Crippen LogP contribution is -2.42. The van der Waals surface area contributed by atoms with E-state index in [0.29, 0.717) is 38.5 Å². The van der Waals surface area contributed by atoms with E-state index >= 15 is 0 Å². The lowest BCUT2D eigenvalue weighted by molar-refractivity contribution is -0.151. The second kappa shape index (κ2) is 79.5. The molecule has 0 spiro atoms. The standard InChI is InChI=1S/C83H156N4O17P2/c1-7-13-19-25-29-33-37-43-47-53-75(88)67-79(90)86-73(69-97-63-59-77(55-49-41-23-17-11-5)103-81(92)57-51-45-39-35-31-27-21-15-9-3)71-101-105(95)99-65-61-84-83(94)85-62-66-100-106(96)102-72-74(87-80(91)68-76(89)54-48-44-38-34-30-26-20-14-8-2)70-98-64-60-78(56-50-42-24-18-12-6)104-82(93)58-52-46-40-36-32-28-22-16-10-4/h73-74,77-78H,7-72H2,1-6H3,(H2-2,84,85,86,87,90,91,94)/p+2.